The molecule has 0 atom stereocenters. The molecule has 15 heavy (non-hydrogen) atoms. The number of terminal acetylenes is 1. The molecule has 0 aliphatic carbocycles. The predicted molar refractivity (Wildman–Crippen MR) is 56.2 cm³/mol. The quantitative estimate of drug-likeness (QED) is 0.560. The van der Waals surface area contributed by atoms with Crippen molar-refractivity contribution in [2.24, 2.45) is 0 Å². The van der Waals surface area contributed by atoms with Crippen LogP contribution in [0, 0.1) is 12.3 Å². The molecular formula is C12H12O3. The minimum atomic E-state index is -0.677. The number of rotatable bonds is 3. The highest BCUT2D eigenvalue weighted by atomic mass is 16.7. The van der Waals surface area contributed by atoms with Crippen LogP contribution >= 0.6 is 0 Å². The van der Waals surface area contributed by atoms with Gasteiger partial charge in [-0.1, -0.05) is 24.1 Å². The first-order valence-electron chi connectivity index (χ1n) is 4.62. The third-order valence-electron chi connectivity index (χ3n) is 1.78. The highest BCUT2D eigenvalue weighted by Crippen LogP contribution is 2.08. The van der Waals surface area contributed by atoms with Crippen LogP contribution in [0.5, 0.6) is 0 Å². The van der Waals surface area contributed by atoms with Crippen LogP contribution in [0.3, 0.4) is 0 Å². The lowest BCUT2D eigenvalue weighted by Gasteiger charge is -2.06. The van der Waals surface area contributed by atoms with Gasteiger partial charge >= 0.3 is 6.16 Å². The van der Waals surface area contributed by atoms with Crippen molar-refractivity contribution in [2.75, 3.05) is 6.61 Å². The molecular weight excluding hydrogens is 192 g/mol. The van der Waals surface area contributed by atoms with Crippen LogP contribution in [0.1, 0.15) is 18.1 Å². The van der Waals surface area contributed by atoms with E-state index in [-0.39, 0.29) is 6.61 Å². The molecule has 0 fully saturated rings. The molecule has 1 rings (SSSR count). The lowest BCUT2D eigenvalue weighted by molar-refractivity contribution is 0.0535. The van der Waals surface area contributed by atoms with Crippen molar-refractivity contribution < 1.29 is 14.3 Å². The Morgan fingerprint density at radius 2 is 2.13 bits per heavy atom. The Morgan fingerprint density at radius 1 is 1.40 bits per heavy atom. The Balaban J connectivity index is 2.58. The van der Waals surface area contributed by atoms with Crippen molar-refractivity contribution in [2.45, 2.75) is 13.5 Å². The van der Waals surface area contributed by atoms with Crippen LogP contribution in [0.4, 0.5) is 4.79 Å². The number of hydrogen-bond donors (Lipinski definition) is 0. The van der Waals surface area contributed by atoms with Gasteiger partial charge in [-0.2, -0.15) is 0 Å². The van der Waals surface area contributed by atoms with E-state index in [4.69, 9.17) is 11.2 Å². The maximum atomic E-state index is 10.9. The Bertz CT molecular complexity index is 377. The average Bonchev–Trinajstić information content (AvgIpc) is 2.27. The number of ether oxygens (including phenoxy) is 2. The molecule has 0 amide bonds. The van der Waals surface area contributed by atoms with Gasteiger partial charge in [0.2, 0.25) is 0 Å². The van der Waals surface area contributed by atoms with Crippen molar-refractivity contribution >= 4 is 6.16 Å². The maximum absolute atomic E-state index is 10.9. The topological polar surface area (TPSA) is 35.5 Å². The lowest BCUT2D eigenvalue weighted by atomic mass is 10.1. The molecule has 0 bridgehead atoms. The van der Waals surface area contributed by atoms with Gasteiger partial charge in [0.05, 0.1) is 6.61 Å². The summed E-state index contributed by atoms with van der Waals surface area (Å²) in [4.78, 5) is 10.9. The van der Waals surface area contributed by atoms with E-state index in [9.17, 15) is 4.79 Å². The van der Waals surface area contributed by atoms with Crippen molar-refractivity contribution in [3.8, 4) is 12.3 Å². The molecule has 0 saturated carbocycles. The van der Waals surface area contributed by atoms with Crippen LogP contribution in [0.2, 0.25) is 0 Å². The average molecular weight is 204 g/mol. The first-order valence-corrected chi connectivity index (χ1v) is 4.62. The van der Waals surface area contributed by atoms with Crippen LogP contribution in [0.15, 0.2) is 24.3 Å². The summed E-state index contributed by atoms with van der Waals surface area (Å²) in [5.74, 6) is 2.52. The molecule has 0 spiro atoms. The molecule has 1 aromatic rings. The van der Waals surface area contributed by atoms with Crippen molar-refractivity contribution in [3.63, 3.8) is 0 Å². The molecule has 0 saturated heterocycles. The fraction of sp³-hybridized carbons (Fsp3) is 0.250. The highest BCUT2D eigenvalue weighted by molar-refractivity contribution is 5.60. The van der Waals surface area contributed by atoms with E-state index in [0.29, 0.717) is 6.61 Å². The largest absolute Gasteiger partial charge is 0.508 e. The molecule has 0 aliphatic rings. The minimum Gasteiger partial charge on any atom is -0.435 e. The van der Waals surface area contributed by atoms with E-state index in [1.165, 1.54) is 0 Å². The van der Waals surface area contributed by atoms with E-state index in [2.05, 4.69) is 10.7 Å². The van der Waals surface area contributed by atoms with E-state index in [1.54, 1.807) is 13.0 Å². The molecule has 0 unspecified atom stereocenters. The molecule has 0 N–H and O–H groups in total. The van der Waals surface area contributed by atoms with Crippen LogP contribution < -0.4 is 0 Å². The summed E-state index contributed by atoms with van der Waals surface area (Å²) < 4.78 is 9.48. The number of hydrogen-bond acceptors (Lipinski definition) is 3. The van der Waals surface area contributed by atoms with Gasteiger partial charge in [-0.3, -0.25) is 0 Å². The van der Waals surface area contributed by atoms with E-state index < -0.39 is 6.16 Å². The summed E-state index contributed by atoms with van der Waals surface area (Å²) in [6.07, 6.45) is 4.62. The lowest BCUT2D eigenvalue weighted by Crippen LogP contribution is -2.07. The minimum absolute atomic E-state index is 0.138. The molecule has 0 aromatic heterocycles. The number of carbonyl (C=O) groups is 1. The Hall–Kier alpha value is -1.95. The van der Waals surface area contributed by atoms with Gasteiger partial charge in [0.25, 0.3) is 0 Å². The maximum Gasteiger partial charge on any atom is 0.508 e. The van der Waals surface area contributed by atoms with Crippen molar-refractivity contribution in [3.05, 3.63) is 35.4 Å². The Labute approximate surface area is 89.0 Å². The van der Waals surface area contributed by atoms with E-state index >= 15 is 0 Å². The molecule has 0 aliphatic heterocycles. The fourth-order valence-corrected chi connectivity index (χ4v) is 1.08. The summed E-state index contributed by atoms with van der Waals surface area (Å²) in [6.45, 7) is 2.16. The highest BCUT2D eigenvalue weighted by Gasteiger charge is 2.04. The zero-order valence-electron chi connectivity index (χ0n) is 8.53. The van der Waals surface area contributed by atoms with Gasteiger partial charge in [0.1, 0.15) is 6.61 Å². The molecule has 1 aromatic carbocycles. The molecule has 0 heterocycles. The molecule has 3 nitrogen and oxygen atoms in total. The van der Waals surface area contributed by atoms with E-state index in [0.717, 1.165) is 11.1 Å². The third kappa shape index (κ3) is 3.35. The SMILES string of the molecule is C#Cc1ccccc1COC(=O)OCC. The summed E-state index contributed by atoms with van der Waals surface area (Å²) in [5.41, 5.74) is 1.52. The molecule has 78 valence electrons. The van der Waals surface area contributed by atoms with Crippen LogP contribution in [-0.4, -0.2) is 12.8 Å². The molecule has 3 heteroatoms. The first-order chi connectivity index (χ1) is 7.27. The zero-order valence-corrected chi connectivity index (χ0v) is 8.53. The van der Waals surface area contributed by atoms with Gasteiger partial charge in [-0.15, -0.1) is 6.42 Å². The predicted octanol–water partition coefficient (Wildman–Crippen LogP) is 2.34. The van der Waals surface area contributed by atoms with Gasteiger partial charge in [-0.05, 0) is 13.0 Å². The summed E-state index contributed by atoms with van der Waals surface area (Å²) >= 11 is 0. The summed E-state index contributed by atoms with van der Waals surface area (Å²) in [7, 11) is 0. The van der Waals surface area contributed by atoms with Crippen LogP contribution in [-0.2, 0) is 16.1 Å². The number of carbonyl (C=O) groups excluding carboxylic acids is 1. The monoisotopic (exact) mass is 204 g/mol. The second-order valence-corrected chi connectivity index (χ2v) is 2.77. The summed E-state index contributed by atoms with van der Waals surface area (Å²) in [6, 6.07) is 7.28. The first kappa shape index (κ1) is 11.1. The Morgan fingerprint density at radius 3 is 2.80 bits per heavy atom. The van der Waals surface area contributed by atoms with Gasteiger partial charge in [-0.25, -0.2) is 4.79 Å². The standard InChI is InChI=1S/C12H12O3/c1-3-10-7-5-6-8-11(10)9-15-12(13)14-4-2/h1,5-8H,4,9H2,2H3. The van der Waals surface area contributed by atoms with Gasteiger partial charge in [0.15, 0.2) is 0 Å². The van der Waals surface area contributed by atoms with Crippen molar-refractivity contribution in [1.29, 1.82) is 0 Å². The third-order valence-corrected chi connectivity index (χ3v) is 1.78. The molecule has 0 radical (unpaired) electrons. The normalized spacial score (nSPS) is 9.07. The van der Waals surface area contributed by atoms with Crippen molar-refractivity contribution in [1.82, 2.24) is 0 Å². The smallest absolute Gasteiger partial charge is 0.435 e. The van der Waals surface area contributed by atoms with Crippen LogP contribution in [0.25, 0.3) is 0 Å². The van der Waals surface area contributed by atoms with Gasteiger partial charge < -0.3 is 9.47 Å². The fourth-order valence-electron chi connectivity index (χ4n) is 1.08. The Kier molecular flexibility index (Phi) is 4.24. The second kappa shape index (κ2) is 5.71. The van der Waals surface area contributed by atoms with E-state index in [1.807, 2.05) is 18.2 Å². The zero-order chi connectivity index (χ0) is 11.1. The van der Waals surface area contributed by atoms with Gasteiger partial charge in [0, 0.05) is 11.1 Å². The second-order valence-electron chi connectivity index (χ2n) is 2.77. The number of benzene rings is 1. The summed E-state index contributed by atoms with van der Waals surface area (Å²) in [5, 5.41) is 0.